The minimum absolute atomic E-state index is 0.407. The normalized spacial score (nSPS) is 10.6. The third-order valence-electron chi connectivity index (χ3n) is 2.72. The zero-order valence-electron chi connectivity index (χ0n) is 10.4. The molecule has 1 aromatic carbocycles. The first-order valence-corrected chi connectivity index (χ1v) is 5.34. The molecular weight excluding hydrogens is 232 g/mol. The lowest BCUT2D eigenvalue weighted by atomic mass is 9.92. The highest BCUT2D eigenvalue weighted by Gasteiger charge is 2.36. The number of nitrogens with zero attached hydrogens (tertiary/aromatic N) is 1. The summed E-state index contributed by atoms with van der Waals surface area (Å²) in [5, 5.41) is 20.3. The van der Waals surface area contributed by atoms with Gasteiger partial charge in [0.15, 0.2) is 0 Å². The van der Waals surface area contributed by atoms with Crippen LogP contribution in [0.15, 0.2) is 18.2 Å². The van der Waals surface area contributed by atoms with Gasteiger partial charge < -0.3 is 10.4 Å². The molecule has 0 aromatic heterocycles. The molecule has 0 saturated heterocycles. The van der Waals surface area contributed by atoms with E-state index in [1.165, 1.54) is 19.9 Å². The van der Waals surface area contributed by atoms with Gasteiger partial charge >= 0.3 is 5.97 Å². The lowest BCUT2D eigenvalue weighted by Crippen LogP contribution is -2.38. The Morgan fingerprint density at radius 1 is 1.39 bits per heavy atom. The van der Waals surface area contributed by atoms with Gasteiger partial charge in [0.2, 0.25) is 5.91 Å². The van der Waals surface area contributed by atoms with E-state index in [2.05, 4.69) is 5.32 Å². The molecule has 5 nitrogen and oxygen atoms in total. The second-order valence-corrected chi connectivity index (χ2v) is 4.53. The van der Waals surface area contributed by atoms with Gasteiger partial charge in [0.05, 0.1) is 11.6 Å². The SMILES string of the molecule is Cc1ccc(C#N)cc1NC(=O)C(C)(C)C(=O)O. The van der Waals surface area contributed by atoms with Crippen molar-refractivity contribution in [3.8, 4) is 6.07 Å². The Morgan fingerprint density at radius 3 is 2.50 bits per heavy atom. The number of hydrogen-bond acceptors (Lipinski definition) is 3. The van der Waals surface area contributed by atoms with Gasteiger partial charge in [-0.05, 0) is 38.5 Å². The van der Waals surface area contributed by atoms with Crippen LogP contribution in [0.2, 0.25) is 0 Å². The fourth-order valence-electron chi connectivity index (χ4n) is 1.20. The number of nitrogens with one attached hydrogen (secondary N) is 1. The van der Waals surface area contributed by atoms with Crippen molar-refractivity contribution in [1.82, 2.24) is 0 Å². The average Bonchev–Trinajstić information content (AvgIpc) is 2.31. The summed E-state index contributed by atoms with van der Waals surface area (Å²) in [5.41, 5.74) is 0.107. The molecule has 1 aromatic rings. The number of amides is 1. The fourth-order valence-corrected chi connectivity index (χ4v) is 1.20. The van der Waals surface area contributed by atoms with Crippen LogP contribution in [-0.2, 0) is 9.59 Å². The number of carboxylic acid groups (broad SMARTS) is 1. The third-order valence-corrected chi connectivity index (χ3v) is 2.72. The molecule has 0 radical (unpaired) electrons. The van der Waals surface area contributed by atoms with Crippen LogP contribution in [-0.4, -0.2) is 17.0 Å². The van der Waals surface area contributed by atoms with Crippen LogP contribution in [0, 0.1) is 23.7 Å². The summed E-state index contributed by atoms with van der Waals surface area (Å²) >= 11 is 0. The van der Waals surface area contributed by atoms with E-state index < -0.39 is 17.3 Å². The third kappa shape index (κ3) is 2.66. The number of rotatable bonds is 3. The van der Waals surface area contributed by atoms with Crippen molar-refractivity contribution in [2.45, 2.75) is 20.8 Å². The van der Waals surface area contributed by atoms with Crippen LogP contribution in [0.25, 0.3) is 0 Å². The number of nitriles is 1. The highest BCUT2D eigenvalue weighted by molar-refractivity contribution is 6.07. The van der Waals surface area contributed by atoms with E-state index in [1.807, 2.05) is 6.07 Å². The number of carbonyl (C=O) groups is 2. The van der Waals surface area contributed by atoms with Gasteiger partial charge in [-0.25, -0.2) is 0 Å². The summed E-state index contributed by atoms with van der Waals surface area (Å²) in [4.78, 5) is 22.8. The van der Waals surface area contributed by atoms with Crippen molar-refractivity contribution in [3.05, 3.63) is 29.3 Å². The molecule has 1 rings (SSSR count). The summed E-state index contributed by atoms with van der Waals surface area (Å²) in [7, 11) is 0. The smallest absolute Gasteiger partial charge is 0.318 e. The van der Waals surface area contributed by atoms with E-state index in [9.17, 15) is 9.59 Å². The highest BCUT2D eigenvalue weighted by Crippen LogP contribution is 2.22. The quantitative estimate of drug-likeness (QED) is 0.797. The summed E-state index contributed by atoms with van der Waals surface area (Å²) in [6.07, 6.45) is 0. The van der Waals surface area contributed by atoms with Crippen LogP contribution in [0.4, 0.5) is 5.69 Å². The van der Waals surface area contributed by atoms with Crippen molar-refractivity contribution >= 4 is 17.6 Å². The molecule has 0 aliphatic heterocycles. The first kappa shape index (κ1) is 13.7. The monoisotopic (exact) mass is 246 g/mol. The number of carbonyl (C=O) groups excluding carboxylic acids is 1. The summed E-state index contributed by atoms with van der Waals surface area (Å²) in [6.45, 7) is 4.42. The number of carboxylic acids is 1. The predicted molar refractivity (Wildman–Crippen MR) is 65.9 cm³/mol. The Hall–Kier alpha value is -2.35. The number of hydrogen-bond donors (Lipinski definition) is 2. The topological polar surface area (TPSA) is 90.2 Å². The molecule has 0 atom stereocenters. The van der Waals surface area contributed by atoms with Crippen molar-refractivity contribution < 1.29 is 14.7 Å². The molecule has 0 fully saturated rings. The van der Waals surface area contributed by atoms with Gasteiger partial charge in [0.25, 0.3) is 0 Å². The van der Waals surface area contributed by atoms with Crippen LogP contribution in [0.5, 0.6) is 0 Å². The first-order valence-electron chi connectivity index (χ1n) is 5.34. The molecule has 0 aliphatic carbocycles. The molecule has 5 heteroatoms. The molecule has 0 unspecified atom stereocenters. The number of aryl methyl sites for hydroxylation is 1. The number of benzene rings is 1. The van der Waals surface area contributed by atoms with Gasteiger partial charge in [-0.1, -0.05) is 6.07 Å². The van der Waals surface area contributed by atoms with Crippen molar-refractivity contribution in [2.24, 2.45) is 5.41 Å². The Balaban J connectivity index is 3.02. The average molecular weight is 246 g/mol. The molecule has 18 heavy (non-hydrogen) atoms. The molecule has 0 spiro atoms. The largest absolute Gasteiger partial charge is 0.480 e. The van der Waals surface area contributed by atoms with E-state index >= 15 is 0 Å². The maximum absolute atomic E-state index is 11.9. The lowest BCUT2D eigenvalue weighted by molar-refractivity contribution is -0.151. The minimum Gasteiger partial charge on any atom is -0.480 e. The van der Waals surface area contributed by atoms with Gasteiger partial charge in [-0.15, -0.1) is 0 Å². The van der Waals surface area contributed by atoms with E-state index in [0.29, 0.717) is 11.3 Å². The number of anilines is 1. The molecule has 0 heterocycles. The van der Waals surface area contributed by atoms with Gasteiger partial charge in [-0.3, -0.25) is 9.59 Å². The number of aliphatic carboxylic acids is 1. The van der Waals surface area contributed by atoms with Crippen LogP contribution in [0.1, 0.15) is 25.0 Å². The van der Waals surface area contributed by atoms with Gasteiger partial charge in [-0.2, -0.15) is 5.26 Å². The van der Waals surface area contributed by atoms with E-state index in [4.69, 9.17) is 10.4 Å². The maximum atomic E-state index is 11.9. The molecule has 0 bridgehead atoms. The molecule has 1 amide bonds. The zero-order chi connectivity index (χ0) is 13.9. The molecule has 0 saturated carbocycles. The van der Waals surface area contributed by atoms with Gasteiger partial charge in [0.1, 0.15) is 5.41 Å². The lowest BCUT2D eigenvalue weighted by Gasteiger charge is -2.19. The Bertz CT molecular complexity index is 542. The van der Waals surface area contributed by atoms with Crippen molar-refractivity contribution in [2.75, 3.05) is 5.32 Å². The van der Waals surface area contributed by atoms with E-state index in [-0.39, 0.29) is 0 Å². The van der Waals surface area contributed by atoms with Crippen molar-refractivity contribution in [3.63, 3.8) is 0 Å². The van der Waals surface area contributed by atoms with Gasteiger partial charge in [0, 0.05) is 5.69 Å². The second-order valence-electron chi connectivity index (χ2n) is 4.53. The molecule has 0 aliphatic rings. The zero-order valence-corrected chi connectivity index (χ0v) is 10.4. The minimum atomic E-state index is -1.52. The first-order chi connectivity index (χ1) is 8.28. The van der Waals surface area contributed by atoms with E-state index in [0.717, 1.165) is 5.56 Å². The predicted octanol–water partition coefficient (Wildman–Crippen LogP) is 1.92. The maximum Gasteiger partial charge on any atom is 0.318 e. The fraction of sp³-hybridized carbons (Fsp3) is 0.308. The van der Waals surface area contributed by atoms with Crippen LogP contribution in [0.3, 0.4) is 0 Å². The standard InChI is InChI=1S/C13H14N2O3/c1-8-4-5-9(7-14)6-10(8)15-11(16)13(2,3)12(17)18/h4-6H,1-3H3,(H,15,16)(H,17,18). The van der Waals surface area contributed by atoms with Crippen molar-refractivity contribution in [1.29, 1.82) is 5.26 Å². The molecule has 94 valence electrons. The molecular formula is C13H14N2O3. The Morgan fingerprint density at radius 2 is 2.00 bits per heavy atom. The van der Waals surface area contributed by atoms with Crippen LogP contribution >= 0.6 is 0 Å². The Labute approximate surface area is 105 Å². The second kappa shape index (κ2) is 4.88. The summed E-state index contributed by atoms with van der Waals surface area (Å²) in [6, 6.07) is 6.81. The highest BCUT2D eigenvalue weighted by atomic mass is 16.4. The molecule has 2 N–H and O–H groups in total. The summed E-state index contributed by atoms with van der Waals surface area (Å²) in [5.74, 6) is -1.82. The summed E-state index contributed by atoms with van der Waals surface area (Å²) < 4.78 is 0. The van der Waals surface area contributed by atoms with Crippen LogP contribution < -0.4 is 5.32 Å². The van der Waals surface area contributed by atoms with E-state index in [1.54, 1.807) is 19.1 Å². The Kier molecular flexibility index (Phi) is 3.72.